The molecule has 3 N–H and O–H groups in total. The van der Waals surface area contributed by atoms with Gasteiger partial charge < -0.3 is 16.0 Å². The van der Waals surface area contributed by atoms with Gasteiger partial charge in [0.05, 0.1) is 23.8 Å². The van der Waals surface area contributed by atoms with Crippen LogP contribution >= 0.6 is 11.6 Å². The lowest BCUT2D eigenvalue weighted by molar-refractivity contribution is -0.143. The van der Waals surface area contributed by atoms with Crippen LogP contribution in [-0.2, 0) is 4.79 Å². The van der Waals surface area contributed by atoms with Crippen LogP contribution in [0.5, 0.6) is 0 Å². The molecular weight excluding hydrogens is 407 g/mol. The summed E-state index contributed by atoms with van der Waals surface area (Å²) in [6, 6.07) is 5.26. The number of halogens is 4. The van der Waals surface area contributed by atoms with Crippen LogP contribution in [0.4, 0.5) is 18.9 Å². The highest BCUT2D eigenvalue weighted by Gasteiger charge is 2.34. The maximum Gasteiger partial charge on any atom is 0.401 e. The molecule has 0 aliphatic carbocycles. The number of aryl methyl sites for hydroxylation is 1. The largest absolute Gasteiger partial charge is 0.401 e. The molecule has 162 valence electrons. The van der Waals surface area contributed by atoms with Gasteiger partial charge in [0.15, 0.2) is 5.96 Å². The third kappa shape index (κ3) is 8.49. The minimum atomic E-state index is -4.19. The van der Waals surface area contributed by atoms with Crippen LogP contribution < -0.4 is 16.0 Å². The number of rotatable bonds is 7. The van der Waals surface area contributed by atoms with Crippen LogP contribution in [0.2, 0.25) is 5.02 Å². The average Bonchev–Trinajstić information content (AvgIpc) is 3.02. The first-order valence-electron chi connectivity index (χ1n) is 9.56. The van der Waals surface area contributed by atoms with E-state index in [0.717, 1.165) is 5.56 Å². The van der Waals surface area contributed by atoms with Crippen molar-refractivity contribution in [3.8, 4) is 0 Å². The van der Waals surface area contributed by atoms with Gasteiger partial charge in [-0.3, -0.25) is 14.7 Å². The molecule has 0 spiro atoms. The molecule has 10 heteroatoms. The molecule has 29 heavy (non-hydrogen) atoms. The summed E-state index contributed by atoms with van der Waals surface area (Å²) < 4.78 is 37.6. The summed E-state index contributed by atoms with van der Waals surface area (Å²) >= 11 is 6.11. The Kier molecular flexibility index (Phi) is 8.58. The molecule has 1 heterocycles. The molecule has 0 bridgehead atoms. The molecule has 1 saturated heterocycles. The third-order valence-corrected chi connectivity index (χ3v) is 4.68. The van der Waals surface area contributed by atoms with Crippen molar-refractivity contribution < 1.29 is 18.0 Å². The van der Waals surface area contributed by atoms with Gasteiger partial charge in [-0.1, -0.05) is 17.7 Å². The van der Waals surface area contributed by atoms with Gasteiger partial charge in [-0.25, -0.2) is 0 Å². The van der Waals surface area contributed by atoms with E-state index in [1.54, 1.807) is 12.1 Å². The Labute approximate surface area is 173 Å². The average molecular weight is 434 g/mol. The molecule has 0 radical (unpaired) electrons. The van der Waals surface area contributed by atoms with Gasteiger partial charge in [-0.05, 0) is 38.0 Å². The van der Waals surface area contributed by atoms with Crippen molar-refractivity contribution in [1.82, 2.24) is 15.5 Å². The minimum absolute atomic E-state index is 0.115. The van der Waals surface area contributed by atoms with Crippen molar-refractivity contribution in [3.05, 3.63) is 28.8 Å². The first-order chi connectivity index (χ1) is 13.7. The van der Waals surface area contributed by atoms with Crippen LogP contribution in [0.25, 0.3) is 0 Å². The first-order valence-corrected chi connectivity index (χ1v) is 9.94. The molecule has 1 fully saturated rings. The predicted molar refractivity (Wildman–Crippen MR) is 109 cm³/mol. The minimum Gasteiger partial charge on any atom is -0.357 e. The number of hydrogen-bond acceptors (Lipinski definition) is 3. The molecule has 2 rings (SSSR count). The molecule has 0 saturated carbocycles. The lowest BCUT2D eigenvalue weighted by Gasteiger charge is -2.19. The van der Waals surface area contributed by atoms with Gasteiger partial charge in [-0.2, -0.15) is 13.2 Å². The quantitative estimate of drug-likeness (QED) is 0.456. The number of benzene rings is 1. The van der Waals surface area contributed by atoms with E-state index >= 15 is 0 Å². The van der Waals surface area contributed by atoms with Crippen LogP contribution in [0, 0.1) is 6.92 Å². The number of carbonyl (C=O) groups excluding carboxylic acids is 1. The first kappa shape index (κ1) is 23.3. The Bertz CT molecular complexity index is 726. The molecule has 0 aromatic heterocycles. The fourth-order valence-corrected chi connectivity index (χ4v) is 3.35. The number of aliphatic imine (C=N–C) groups is 1. The Morgan fingerprint density at radius 2 is 2.14 bits per heavy atom. The number of amides is 1. The zero-order valence-electron chi connectivity index (χ0n) is 16.6. The smallest absolute Gasteiger partial charge is 0.357 e. The van der Waals surface area contributed by atoms with Crippen molar-refractivity contribution in [3.63, 3.8) is 0 Å². The van der Waals surface area contributed by atoms with E-state index in [1.165, 1.54) is 4.90 Å². The number of anilines is 1. The van der Waals surface area contributed by atoms with Crippen molar-refractivity contribution in [2.24, 2.45) is 4.99 Å². The zero-order valence-corrected chi connectivity index (χ0v) is 17.3. The number of nitrogens with one attached hydrogen (secondary N) is 3. The standard InChI is InChI=1S/C19H27ClF3N5O/c1-3-24-18(26-14-7-9-28(11-14)12-19(21,22)23)25-8-6-17(29)27-16-5-4-13(2)10-15(16)20/h4-5,10,14H,3,6-9,11-12H2,1-2H3,(H,27,29)(H2,24,25,26). The highest BCUT2D eigenvalue weighted by atomic mass is 35.5. The fraction of sp³-hybridized carbons (Fsp3) is 0.579. The second-order valence-electron chi connectivity index (χ2n) is 7.02. The molecule has 1 amide bonds. The molecule has 1 aromatic carbocycles. The lowest BCUT2D eigenvalue weighted by Crippen LogP contribution is -2.45. The van der Waals surface area contributed by atoms with Gasteiger partial charge in [0.1, 0.15) is 0 Å². The number of likely N-dealkylation sites (tertiary alicyclic amines) is 1. The Hall–Kier alpha value is -2.00. The molecule has 1 aromatic rings. The Morgan fingerprint density at radius 1 is 1.38 bits per heavy atom. The van der Waals surface area contributed by atoms with Gasteiger partial charge >= 0.3 is 6.18 Å². The number of carbonyl (C=O) groups is 1. The predicted octanol–water partition coefficient (Wildman–Crippen LogP) is 3.17. The number of hydrogen-bond donors (Lipinski definition) is 3. The molecule has 1 atom stereocenters. The summed E-state index contributed by atoms with van der Waals surface area (Å²) in [4.78, 5) is 17.8. The monoisotopic (exact) mass is 433 g/mol. The number of guanidine groups is 1. The van der Waals surface area contributed by atoms with Crippen molar-refractivity contribution in [1.29, 1.82) is 0 Å². The van der Waals surface area contributed by atoms with Crippen LogP contribution in [0.15, 0.2) is 23.2 Å². The Balaban J connectivity index is 1.82. The van der Waals surface area contributed by atoms with Crippen molar-refractivity contribution in [2.45, 2.75) is 38.9 Å². The van der Waals surface area contributed by atoms with Crippen LogP contribution in [-0.4, -0.2) is 61.7 Å². The summed E-state index contributed by atoms with van der Waals surface area (Å²) in [6.07, 6.45) is -3.43. The highest BCUT2D eigenvalue weighted by Crippen LogP contribution is 2.23. The molecule has 6 nitrogen and oxygen atoms in total. The normalized spacial score (nSPS) is 18.0. The van der Waals surface area contributed by atoms with Crippen molar-refractivity contribution in [2.75, 3.05) is 38.0 Å². The van der Waals surface area contributed by atoms with Gasteiger partial charge in [0.25, 0.3) is 0 Å². The maximum atomic E-state index is 12.5. The second kappa shape index (κ2) is 10.7. The number of nitrogens with zero attached hydrogens (tertiary/aromatic N) is 2. The van der Waals surface area contributed by atoms with E-state index in [2.05, 4.69) is 20.9 Å². The van der Waals surface area contributed by atoms with Crippen LogP contribution in [0.1, 0.15) is 25.3 Å². The summed E-state index contributed by atoms with van der Waals surface area (Å²) in [5, 5.41) is 9.43. The molecule has 1 unspecified atom stereocenters. The van der Waals surface area contributed by atoms with E-state index in [0.29, 0.717) is 42.7 Å². The second-order valence-corrected chi connectivity index (χ2v) is 7.43. The van der Waals surface area contributed by atoms with Gasteiger partial charge in [0.2, 0.25) is 5.91 Å². The summed E-state index contributed by atoms with van der Waals surface area (Å²) in [5.41, 5.74) is 1.55. The SMILES string of the molecule is CCNC(=NCCC(=O)Nc1ccc(C)cc1Cl)NC1CCN(CC(F)(F)F)C1. The molecule has 1 aliphatic heterocycles. The van der Waals surface area contributed by atoms with E-state index in [-0.39, 0.29) is 24.9 Å². The Morgan fingerprint density at radius 3 is 2.79 bits per heavy atom. The van der Waals surface area contributed by atoms with Crippen molar-refractivity contribution >= 4 is 29.2 Å². The topological polar surface area (TPSA) is 68.8 Å². The highest BCUT2D eigenvalue weighted by molar-refractivity contribution is 6.33. The van der Waals surface area contributed by atoms with E-state index < -0.39 is 12.7 Å². The zero-order chi connectivity index (χ0) is 21.4. The lowest BCUT2D eigenvalue weighted by atomic mass is 10.2. The van der Waals surface area contributed by atoms with Gasteiger partial charge in [-0.15, -0.1) is 0 Å². The van der Waals surface area contributed by atoms with E-state index in [9.17, 15) is 18.0 Å². The summed E-state index contributed by atoms with van der Waals surface area (Å²) in [5.74, 6) is 0.278. The molecule has 1 aliphatic rings. The fourth-order valence-electron chi connectivity index (χ4n) is 3.06. The van der Waals surface area contributed by atoms with Crippen LogP contribution in [0.3, 0.4) is 0 Å². The summed E-state index contributed by atoms with van der Waals surface area (Å²) in [7, 11) is 0. The van der Waals surface area contributed by atoms with E-state index in [1.807, 2.05) is 19.9 Å². The number of alkyl halides is 3. The maximum absolute atomic E-state index is 12.5. The van der Waals surface area contributed by atoms with Gasteiger partial charge in [0, 0.05) is 32.1 Å². The van der Waals surface area contributed by atoms with E-state index in [4.69, 9.17) is 11.6 Å². The molecular formula is C19H27ClF3N5O. The third-order valence-electron chi connectivity index (χ3n) is 4.37. The summed E-state index contributed by atoms with van der Waals surface area (Å²) in [6.45, 7) is 4.44.